The van der Waals surface area contributed by atoms with Crippen LogP contribution >= 0.6 is 0 Å². The Hall–Kier alpha value is -1.95. The van der Waals surface area contributed by atoms with E-state index < -0.39 is 0 Å². The quantitative estimate of drug-likeness (QED) is 0.844. The fraction of sp³-hybridized carbons (Fsp3) is 0.417. The number of para-hydroxylation sites is 1. The number of ether oxygens (including phenoxy) is 1. The van der Waals surface area contributed by atoms with E-state index in [1.54, 1.807) is 4.68 Å². The number of nitrogens with zero attached hydrogens (tertiary/aromatic N) is 4. The number of benzene rings is 1. The number of hydrogen-bond acceptors (Lipinski definition) is 5. The van der Waals surface area contributed by atoms with Crippen LogP contribution in [0.3, 0.4) is 0 Å². The molecule has 0 bridgehead atoms. The Balaban J connectivity index is 1.70. The van der Waals surface area contributed by atoms with Crippen LogP contribution < -0.4 is 10.1 Å². The Morgan fingerprint density at radius 3 is 3.17 bits per heavy atom. The molecule has 0 amide bonds. The number of rotatable bonds is 4. The van der Waals surface area contributed by atoms with Crippen molar-refractivity contribution in [2.24, 2.45) is 0 Å². The number of nitrogens with one attached hydrogen (secondary N) is 1. The molecule has 2 aromatic rings. The highest BCUT2D eigenvalue weighted by atomic mass is 16.5. The molecule has 1 unspecified atom stereocenters. The van der Waals surface area contributed by atoms with E-state index in [0.717, 1.165) is 18.0 Å². The normalized spacial score (nSPS) is 17.5. The van der Waals surface area contributed by atoms with Crippen molar-refractivity contribution in [3.63, 3.8) is 0 Å². The first-order valence-corrected chi connectivity index (χ1v) is 6.01. The van der Waals surface area contributed by atoms with Gasteiger partial charge in [0.15, 0.2) is 5.82 Å². The van der Waals surface area contributed by atoms with Gasteiger partial charge in [0, 0.05) is 6.42 Å². The van der Waals surface area contributed by atoms with Crippen molar-refractivity contribution in [3.05, 3.63) is 35.7 Å². The average molecular weight is 245 g/mol. The zero-order valence-electron chi connectivity index (χ0n) is 10.2. The summed E-state index contributed by atoms with van der Waals surface area (Å²) >= 11 is 0. The number of hydrogen-bond donors (Lipinski definition) is 1. The second kappa shape index (κ2) is 4.73. The van der Waals surface area contributed by atoms with Crippen molar-refractivity contribution in [1.29, 1.82) is 0 Å². The monoisotopic (exact) mass is 245 g/mol. The molecule has 1 aromatic heterocycles. The third-order valence-corrected chi connectivity index (χ3v) is 3.03. The summed E-state index contributed by atoms with van der Waals surface area (Å²) in [5, 5.41) is 14.7. The Kier molecular flexibility index (Phi) is 2.93. The first-order valence-electron chi connectivity index (χ1n) is 6.01. The Morgan fingerprint density at radius 2 is 2.33 bits per heavy atom. The summed E-state index contributed by atoms with van der Waals surface area (Å²) < 4.78 is 7.68. The molecule has 6 nitrogen and oxygen atoms in total. The lowest BCUT2D eigenvalue weighted by molar-refractivity contribution is 0.200. The summed E-state index contributed by atoms with van der Waals surface area (Å²) in [5.74, 6) is 1.81. The molecule has 6 heteroatoms. The van der Waals surface area contributed by atoms with E-state index in [1.807, 2.05) is 25.2 Å². The fourth-order valence-corrected chi connectivity index (χ4v) is 2.20. The summed E-state index contributed by atoms with van der Waals surface area (Å²) in [5.41, 5.74) is 1.26. The lowest BCUT2D eigenvalue weighted by Crippen LogP contribution is -2.24. The predicted octanol–water partition coefficient (Wildman–Crippen LogP) is 0.396. The van der Waals surface area contributed by atoms with Gasteiger partial charge in [0.05, 0.1) is 13.1 Å². The summed E-state index contributed by atoms with van der Waals surface area (Å²) in [6.45, 7) is 1.34. The molecule has 0 spiro atoms. The van der Waals surface area contributed by atoms with E-state index >= 15 is 0 Å². The second-order valence-corrected chi connectivity index (χ2v) is 4.36. The van der Waals surface area contributed by atoms with Gasteiger partial charge in [0.2, 0.25) is 0 Å². The molecule has 94 valence electrons. The fourth-order valence-electron chi connectivity index (χ4n) is 2.20. The summed E-state index contributed by atoms with van der Waals surface area (Å²) in [4.78, 5) is 0. The van der Waals surface area contributed by atoms with E-state index in [0.29, 0.717) is 13.1 Å². The highest BCUT2D eigenvalue weighted by molar-refractivity contribution is 5.37. The molecule has 0 radical (unpaired) electrons. The third kappa shape index (κ3) is 2.06. The van der Waals surface area contributed by atoms with Gasteiger partial charge < -0.3 is 10.1 Å². The van der Waals surface area contributed by atoms with Crippen molar-refractivity contribution in [1.82, 2.24) is 25.5 Å². The van der Waals surface area contributed by atoms with Gasteiger partial charge in [-0.1, -0.05) is 18.2 Å². The largest absolute Gasteiger partial charge is 0.488 e. The predicted molar refractivity (Wildman–Crippen MR) is 65.1 cm³/mol. The highest BCUT2D eigenvalue weighted by Gasteiger charge is 2.23. The second-order valence-electron chi connectivity index (χ2n) is 4.36. The number of tetrazole rings is 1. The first kappa shape index (κ1) is 11.2. The molecule has 0 fully saturated rings. The van der Waals surface area contributed by atoms with Gasteiger partial charge in [-0.3, -0.25) is 0 Å². The van der Waals surface area contributed by atoms with Gasteiger partial charge in [-0.05, 0) is 29.1 Å². The van der Waals surface area contributed by atoms with Crippen LogP contribution in [0, 0.1) is 0 Å². The molecule has 3 rings (SSSR count). The molecule has 0 saturated heterocycles. The van der Waals surface area contributed by atoms with Crippen molar-refractivity contribution >= 4 is 0 Å². The van der Waals surface area contributed by atoms with Crippen LogP contribution in [0.25, 0.3) is 0 Å². The van der Waals surface area contributed by atoms with Gasteiger partial charge in [0.1, 0.15) is 11.9 Å². The minimum Gasteiger partial charge on any atom is -0.488 e. The van der Waals surface area contributed by atoms with E-state index in [-0.39, 0.29) is 6.10 Å². The standard InChI is InChI=1S/C12H15N5O/c1-13-7-12-14-15-16-17(12)8-10-6-9-4-2-3-5-11(9)18-10/h2-5,10,13H,6-8H2,1H3. The number of fused-ring (bicyclic) bond motifs is 1. The van der Waals surface area contributed by atoms with Crippen LogP contribution in [0.15, 0.2) is 24.3 Å². The smallest absolute Gasteiger partial charge is 0.165 e. The van der Waals surface area contributed by atoms with Gasteiger partial charge in [-0.2, -0.15) is 0 Å². The molecule has 0 aliphatic carbocycles. The Morgan fingerprint density at radius 1 is 1.44 bits per heavy atom. The first-order chi connectivity index (χ1) is 8.86. The van der Waals surface area contributed by atoms with E-state index in [2.05, 4.69) is 26.9 Å². The zero-order valence-corrected chi connectivity index (χ0v) is 10.2. The minimum atomic E-state index is 0.113. The van der Waals surface area contributed by atoms with Gasteiger partial charge in [-0.25, -0.2) is 4.68 Å². The number of aromatic nitrogens is 4. The maximum atomic E-state index is 5.88. The summed E-state index contributed by atoms with van der Waals surface area (Å²) in [6, 6.07) is 8.13. The molecular weight excluding hydrogens is 230 g/mol. The minimum absolute atomic E-state index is 0.113. The van der Waals surface area contributed by atoms with Crippen molar-refractivity contribution in [3.8, 4) is 5.75 Å². The van der Waals surface area contributed by atoms with Crippen LogP contribution in [-0.4, -0.2) is 33.4 Å². The molecule has 2 heterocycles. The Bertz CT molecular complexity index is 514. The van der Waals surface area contributed by atoms with Crippen LogP contribution in [0.1, 0.15) is 11.4 Å². The molecule has 1 aromatic carbocycles. The van der Waals surface area contributed by atoms with Crippen LogP contribution in [0.4, 0.5) is 0 Å². The topological polar surface area (TPSA) is 64.9 Å². The molecule has 1 N–H and O–H groups in total. The molecule has 18 heavy (non-hydrogen) atoms. The van der Waals surface area contributed by atoms with Gasteiger partial charge >= 0.3 is 0 Å². The SMILES string of the molecule is CNCc1nnnn1CC1Cc2ccccc2O1. The lowest BCUT2D eigenvalue weighted by atomic mass is 10.1. The molecule has 0 saturated carbocycles. The van der Waals surface area contributed by atoms with Crippen molar-refractivity contribution in [2.45, 2.75) is 25.6 Å². The van der Waals surface area contributed by atoms with Gasteiger partial charge in [0.25, 0.3) is 0 Å². The van der Waals surface area contributed by atoms with Crippen LogP contribution in [0.2, 0.25) is 0 Å². The van der Waals surface area contributed by atoms with Crippen LogP contribution in [0.5, 0.6) is 5.75 Å². The lowest BCUT2D eigenvalue weighted by Gasteiger charge is -2.11. The molecule has 1 atom stereocenters. The zero-order chi connectivity index (χ0) is 12.4. The third-order valence-electron chi connectivity index (χ3n) is 3.03. The van der Waals surface area contributed by atoms with E-state index in [4.69, 9.17) is 4.74 Å². The maximum Gasteiger partial charge on any atom is 0.165 e. The maximum absolute atomic E-state index is 5.88. The average Bonchev–Trinajstić information content (AvgIpc) is 2.97. The van der Waals surface area contributed by atoms with Crippen molar-refractivity contribution < 1.29 is 4.74 Å². The molecule has 1 aliphatic rings. The van der Waals surface area contributed by atoms with Crippen LogP contribution in [-0.2, 0) is 19.5 Å². The Labute approximate surface area is 105 Å². The summed E-state index contributed by atoms with van der Waals surface area (Å²) in [7, 11) is 1.88. The van der Waals surface area contributed by atoms with Crippen molar-refractivity contribution in [2.75, 3.05) is 7.05 Å². The van der Waals surface area contributed by atoms with Gasteiger partial charge in [-0.15, -0.1) is 5.10 Å². The highest BCUT2D eigenvalue weighted by Crippen LogP contribution is 2.28. The summed E-state index contributed by atoms with van der Waals surface area (Å²) in [6.07, 6.45) is 1.02. The van der Waals surface area contributed by atoms with E-state index in [9.17, 15) is 0 Å². The molecular formula is C12H15N5O. The molecule has 1 aliphatic heterocycles. The van der Waals surface area contributed by atoms with E-state index in [1.165, 1.54) is 5.56 Å².